The molecule has 0 N–H and O–H groups in total. The molecule has 1 aliphatic rings. The second-order valence-electron chi connectivity index (χ2n) is 10.7. The Labute approximate surface area is 201 Å². The van der Waals surface area contributed by atoms with Gasteiger partial charge in [-0.2, -0.15) is 26.3 Å². The van der Waals surface area contributed by atoms with Crippen LogP contribution in [0, 0.1) is 11.3 Å². The first-order valence-corrected chi connectivity index (χ1v) is 11.7. The molecule has 1 heterocycles. The highest BCUT2D eigenvalue weighted by molar-refractivity contribution is 5.75. The van der Waals surface area contributed by atoms with Crippen LogP contribution in [0.15, 0.2) is 24.3 Å². The number of Topliss-reactive ketones (excluding diaryl/α,β-unsaturated/α-hetero) is 1. The van der Waals surface area contributed by atoms with Crippen LogP contribution in [0.4, 0.5) is 35.1 Å². The standard InChI is InChI=1S/C25H33F8NO/c1-16(35)15-19-11-14-34(20(9-12-22(2,3)4)10-13-23(26,27)28)21(24(19,29)30)17-5-7-18(8-6-17)25(31,32)33/h5-8,19-21H,9-15H2,1-4H3/t19-,20+,21+/m0/s1. The average molecular weight is 516 g/mol. The molecule has 2 nitrogen and oxygen atoms in total. The minimum Gasteiger partial charge on any atom is -0.300 e. The highest BCUT2D eigenvalue weighted by atomic mass is 19.4. The number of carbonyl (C=O) groups is 1. The molecule has 1 saturated heterocycles. The molecule has 0 aliphatic carbocycles. The van der Waals surface area contributed by atoms with Crippen LogP contribution in [0.1, 0.15) is 83.4 Å². The van der Waals surface area contributed by atoms with E-state index in [1.54, 1.807) is 0 Å². The molecule has 35 heavy (non-hydrogen) atoms. The number of ketones is 1. The van der Waals surface area contributed by atoms with Crippen molar-refractivity contribution in [3.05, 3.63) is 35.4 Å². The van der Waals surface area contributed by atoms with Crippen molar-refractivity contribution in [3.8, 4) is 0 Å². The number of alkyl halides is 8. The summed E-state index contributed by atoms with van der Waals surface area (Å²) in [5, 5.41) is 0. The normalized spacial score (nSPS) is 22.7. The highest BCUT2D eigenvalue weighted by Crippen LogP contribution is 2.50. The van der Waals surface area contributed by atoms with Crippen LogP contribution in [0.5, 0.6) is 0 Å². The number of hydrogen-bond donors (Lipinski definition) is 0. The number of rotatable bonds is 8. The Hall–Kier alpha value is -1.71. The Morgan fingerprint density at radius 2 is 1.54 bits per heavy atom. The van der Waals surface area contributed by atoms with Gasteiger partial charge in [0.15, 0.2) is 0 Å². The van der Waals surface area contributed by atoms with E-state index >= 15 is 8.78 Å². The SMILES string of the molecule is CC(=O)C[C@@H]1CCN([C@H](CCC(C)(C)C)CCC(F)(F)F)[C@H](c2ccc(C(F)(F)F)cc2)C1(F)F. The zero-order chi connectivity index (χ0) is 26.8. The van der Waals surface area contributed by atoms with Gasteiger partial charge in [0.2, 0.25) is 0 Å². The Morgan fingerprint density at radius 3 is 2.00 bits per heavy atom. The van der Waals surface area contributed by atoms with Gasteiger partial charge in [-0.1, -0.05) is 32.9 Å². The second-order valence-corrected chi connectivity index (χ2v) is 10.7. The van der Waals surface area contributed by atoms with E-state index in [0.717, 1.165) is 12.1 Å². The van der Waals surface area contributed by atoms with E-state index in [4.69, 9.17) is 0 Å². The molecule has 1 fully saturated rings. The maximum atomic E-state index is 15.8. The first-order chi connectivity index (χ1) is 15.8. The maximum Gasteiger partial charge on any atom is 0.416 e. The molecule has 3 atom stereocenters. The van der Waals surface area contributed by atoms with Gasteiger partial charge in [-0.25, -0.2) is 8.78 Å². The Balaban J connectivity index is 2.51. The van der Waals surface area contributed by atoms with Gasteiger partial charge in [0.25, 0.3) is 5.92 Å². The molecule has 0 saturated carbocycles. The van der Waals surface area contributed by atoms with E-state index in [1.807, 2.05) is 20.8 Å². The van der Waals surface area contributed by atoms with Crippen LogP contribution in [0.3, 0.4) is 0 Å². The Kier molecular flexibility index (Phi) is 9.05. The van der Waals surface area contributed by atoms with Gasteiger partial charge < -0.3 is 4.79 Å². The smallest absolute Gasteiger partial charge is 0.300 e. The highest BCUT2D eigenvalue weighted by Gasteiger charge is 2.55. The third-order valence-electron chi connectivity index (χ3n) is 6.52. The number of benzene rings is 1. The molecule has 0 radical (unpaired) electrons. The lowest BCUT2D eigenvalue weighted by Gasteiger charge is -2.49. The lowest BCUT2D eigenvalue weighted by molar-refractivity contribution is -0.176. The first-order valence-electron chi connectivity index (χ1n) is 11.7. The largest absolute Gasteiger partial charge is 0.416 e. The minimum atomic E-state index is -4.66. The van der Waals surface area contributed by atoms with Gasteiger partial charge in [0.05, 0.1) is 11.6 Å². The number of halogens is 8. The van der Waals surface area contributed by atoms with Gasteiger partial charge in [-0.3, -0.25) is 4.90 Å². The molecule has 10 heteroatoms. The summed E-state index contributed by atoms with van der Waals surface area (Å²) in [4.78, 5) is 13.0. The molecule has 2 rings (SSSR count). The molecule has 0 aromatic heterocycles. The second kappa shape index (κ2) is 10.7. The summed E-state index contributed by atoms with van der Waals surface area (Å²) in [5.74, 6) is -5.33. The lowest BCUT2D eigenvalue weighted by atomic mass is 9.78. The van der Waals surface area contributed by atoms with E-state index in [9.17, 15) is 31.1 Å². The van der Waals surface area contributed by atoms with Crippen LogP contribution >= 0.6 is 0 Å². The average Bonchev–Trinajstić information content (AvgIpc) is 2.67. The maximum absolute atomic E-state index is 15.8. The Morgan fingerprint density at radius 1 is 1.00 bits per heavy atom. The van der Waals surface area contributed by atoms with Crippen molar-refractivity contribution in [1.29, 1.82) is 0 Å². The predicted octanol–water partition coefficient (Wildman–Crippen LogP) is 8.22. The summed E-state index contributed by atoms with van der Waals surface area (Å²) in [6.45, 7) is 6.90. The van der Waals surface area contributed by atoms with Crippen LogP contribution in [0.25, 0.3) is 0 Å². The molecular formula is C25H33F8NO. The Bertz CT molecular complexity index is 821. The van der Waals surface area contributed by atoms with Crippen molar-refractivity contribution in [3.63, 3.8) is 0 Å². The number of carbonyl (C=O) groups excluding carboxylic acids is 1. The molecule has 200 valence electrons. The van der Waals surface area contributed by atoms with Crippen molar-refractivity contribution in [2.45, 2.75) is 96.6 Å². The van der Waals surface area contributed by atoms with E-state index in [-0.39, 0.29) is 30.4 Å². The van der Waals surface area contributed by atoms with Crippen LogP contribution in [-0.4, -0.2) is 35.4 Å². The molecule has 1 aliphatic heterocycles. The summed E-state index contributed by atoms with van der Waals surface area (Å²) in [5.41, 5.74) is -1.37. The number of likely N-dealkylation sites (tertiary alicyclic amines) is 1. The van der Waals surface area contributed by atoms with Crippen molar-refractivity contribution in [2.75, 3.05) is 6.54 Å². The molecule has 0 spiro atoms. The topological polar surface area (TPSA) is 20.3 Å². The molecule has 0 bridgehead atoms. The monoisotopic (exact) mass is 515 g/mol. The molecule has 1 aromatic rings. The van der Waals surface area contributed by atoms with Gasteiger partial charge in [0.1, 0.15) is 5.78 Å². The summed E-state index contributed by atoms with van der Waals surface area (Å²) in [7, 11) is 0. The van der Waals surface area contributed by atoms with Crippen LogP contribution in [-0.2, 0) is 11.0 Å². The van der Waals surface area contributed by atoms with Crippen molar-refractivity contribution < 1.29 is 39.9 Å². The number of hydrogen-bond acceptors (Lipinski definition) is 2. The summed E-state index contributed by atoms with van der Waals surface area (Å²) >= 11 is 0. The summed E-state index contributed by atoms with van der Waals surface area (Å²) in [6, 6.07) is 0.758. The van der Waals surface area contributed by atoms with E-state index in [0.29, 0.717) is 18.6 Å². The summed E-state index contributed by atoms with van der Waals surface area (Å²) in [6.07, 6.45) is -10.5. The van der Waals surface area contributed by atoms with Crippen LogP contribution < -0.4 is 0 Å². The predicted molar refractivity (Wildman–Crippen MR) is 117 cm³/mol. The lowest BCUT2D eigenvalue weighted by Crippen LogP contribution is -2.55. The number of piperidine rings is 1. The van der Waals surface area contributed by atoms with E-state index < -0.39 is 66.9 Å². The molecule has 0 amide bonds. The van der Waals surface area contributed by atoms with Crippen molar-refractivity contribution in [2.24, 2.45) is 11.3 Å². The molecular weight excluding hydrogens is 482 g/mol. The zero-order valence-corrected chi connectivity index (χ0v) is 20.4. The van der Waals surface area contributed by atoms with Gasteiger partial charge in [-0.15, -0.1) is 0 Å². The van der Waals surface area contributed by atoms with Gasteiger partial charge in [0, 0.05) is 24.8 Å². The van der Waals surface area contributed by atoms with Crippen molar-refractivity contribution in [1.82, 2.24) is 4.90 Å². The minimum absolute atomic E-state index is 0.0197. The third-order valence-corrected chi connectivity index (χ3v) is 6.52. The van der Waals surface area contributed by atoms with E-state index in [2.05, 4.69) is 0 Å². The summed E-state index contributed by atoms with van der Waals surface area (Å²) < 4.78 is 110. The van der Waals surface area contributed by atoms with Gasteiger partial charge in [-0.05, 0) is 62.3 Å². The fraction of sp³-hybridized carbons (Fsp3) is 0.720. The zero-order valence-electron chi connectivity index (χ0n) is 20.4. The van der Waals surface area contributed by atoms with Crippen LogP contribution in [0.2, 0.25) is 0 Å². The fourth-order valence-corrected chi connectivity index (χ4v) is 4.72. The quantitative estimate of drug-likeness (QED) is 0.325. The molecule has 1 aromatic carbocycles. The first kappa shape index (κ1) is 29.5. The fourth-order valence-electron chi connectivity index (χ4n) is 4.72. The van der Waals surface area contributed by atoms with Crippen molar-refractivity contribution >= 4 is 5.78 Å². The third kappa shape index (κ3) is 8.43. The molecule has 0 unspecified atom stereocenters. The van der Waals surface area contributed by atoms with E-state index in [1.165, 1.54) is 11.8 Å². The van der Waals surface area contributed by atoms with Gasteiger partial charge >= 0.3 is 12.4 Å². The number of nitrogens with zero attached hydrogens (tertiary/aromatic N) is 1.